The molecule has 0 saturated carbocycles. The van der Waals surface area contributed by atoms with Gasteiger partial charge in [-0.2, -0.15) is 44.3 Å². The monoisotopic (exact) mass is 686 g/mol. The van der Waals surface area contributed by atoms with Crippen molar-refractivity contribution in [2.75, 3.05) is 18.0 Å². The molecule has 1 aliphatic heterocycles. The first-order chi connectivity index (χ1) is 22.4. The zero-order chi connectivity index (χ0) is 35.0. The van der Waals surface area contributed by atoms with Crippen LogP contribution in [0.25, 0.3) is 0 Å². The summed E-state index contributed by atoms with van der Waals surface area (Å²) in [5.74, 6) is 0.494. The second-order valence-electron chi connectivity index (χ2n) is 11.7. The van der Waals surface area contributed by atoms with Gasteiger partial charge in [0.05, 0.1) is 23.7 Å². The number of nitrogens with zero attached hydrogens (tertiary/aromatic N) is 6. The van der Waals surface area contributed by atoms with E-state index < -0.39 is 47.3 Å². The molecule has 3 aromatic carbocycles. The fraction of sp³-hybridized carbons (Fsp3) is 0.406. The van der Waals surface area contributed by atoms with Gasteiger partial charge in [-0.1, -0.05) is 30.2 Å². The minimum atomic E-state index is -5.09. The Labute approximate surface area is 269 Å². The molecule has 1 unspecified atom stereocenters. The quantitative estimate of drug-likeness (QED) is 0.158. The Kier molecular flexibility index (Phi) is 9.68. The van der Waals surface area contributed by atoms with Gasteiger partial charge in [-0.3, -0.25) is 4.90 Å². The summed E-state index contributed by atoms with van der Waals surface area (Å²) in [6, 6.07) is 11.5. The number of likely N-dealkylation sites (tertiary alicyclic amines) is 1. The molecule has 1 saturated heterocycles. The third kappa shape index (κ3) is 8.20. The molecule has 4 aromatic rings. The first-order valence-electron chi connectivity index (χ1n) is 14.9. The molecule has 7 nitrogen and oxygen atoms in total. The van der Waals surface area contributed by atoms with E-state index in [9.17, 15) is 39.5 Å². The molecular formula is C32H31F9N6O. The predicted molar refractivity (Wildman–Crippen MR) is 157 cm³/mol. The molecule has 1 fully saturated rings. The Balaban J connectivity index is 1.49. The number of anilines is 1. The van der Waals surface area contributed by atoms with E-state index in [0.29, 0.717) is 43.0 Å². The SMILES string of the molecule is CCC(c1ccc(C(F)(F)F)cc1CN(Cc1cc(C(F)(F)F)cc(C(F)(F)F)c1)c1nnn(C)n1)N1CC(Oc2cccc(C)c2)C1. The summed E-state index contributed by atoms with van der Waals surface area (Å²) in [6.07, 6.45) is -14.6. The van der Waals surface area contributed by atoms with Crippen LogP contribution < -0.4 is 9.64 Å². The van der Waals surface area contributed by atoms with Crippen molar-refractivity contribution in [3.63, 3.8) is 0 Å². The van der Waals surface area contributed by atoms with E-state index in [0.717, 1.165) is 22.5 Å². The van der Waals surface area contributed by atoms with Crippen molar-refractivity contribution in [1.82, 2.24) is 25.1 Å². The predicted octanol–water partition coefficient (Wildman–Crippen LogP) is 8.00. The fourth-order valence-electron chi connectivity index (χ4n) is 5.73. The highest BCUT2D eigenvalue weighted by atomic mass is 19.4. The topological polar surface area (TPSA) is 59.3 Å². The highest BCUT2D eigenvalue weighted by molar-refractivity contribution is 5.42. The van der Waals surface area contributed by atoms with Crippen LogP contribution in [0.1, 0.15) is 58.3 Å². The minimum Gasteiger partial charge on any atom is -0.488 e. The van der Waals surface area contributed by atoms with Gasteiger partial charge in [-0.25, -0.2) is 0 Å². The maximum absolute atomic E-state index is 13.9. The van der Waals surface area contributed by atoms with E-state index >= 15 is 0 Å². The highest BCUT2D eigenvalue weighted by Crippen LogP contribution is 2.39. The Morgan fingerprint density at radius 1 is 0.833 bits per heavy atom. The molecule has 0 amide bonds. The number of hydrogen-bond donors (Lipinski definition) is 0. The van der Waals surface area contributed by atoms with Crippen molar-refractivity contribution in [3.8, 4) is 5.75 Å². The van der Waals surface area contributed by atoms with Crippen LogP contribution in [0.4, 0.5) is 45.5 Å². The molecule has 2 heterocycles. The van der Waals surface area contributed by atoms with Gasteiger partial charge in [0.25, 0.3) is 5.95 Å². The Morgan fingerprint density at radius 2 is 1.48 bits per heavy atom. The Hall–Kier alpha value is -4.34. The number of benzene rings is 3. The first-order valence-corrected chi connectivity index (χ1v) is 14.9. The molecule has 16 heteroatoms. The number of alkyl halides is 9. The van der Waals surface area contributed by atoms with Gasteiger partial charge in [0.2, 0.25) is 0 Å². The van der Waals surface area contributed by atoms with Crippen LogP contribution in [0, 0.1) is 6.92 Å². The van der Waals surface area contributed by atoms with Crippen LogP contribution >= 0.6 is 0 Å². The normalized spacial score (nSPS) is 15.3. The summed E-state index contributed by atoms with van der Waals surface area (Å²) < 4.78 is 130. The summed E-state index contributed by atoms with van der Waals surface area (Å²) in [5, 5.41) is 11.6. The van der Waals surface area contributed by atoms with Gasteiger partial charge in [-0.15, -0.1) is 5.10 Å². The van der Waals surface area contributed by atoms with Gasteiger partial charge < -0.3 is 9.64 Å². The van der Waals surface area contributed by atoms with Crippen molar-refractivity contribution in [3.05, 3.63) is 99.6 Å². The maximum Gasteiger partial charge on any atom is 0.416 e. The molecule has 0 aliphatic carbocycles. The van der Waals surface area contributed by atoms with Gasteiger partial charge in [0, 0.05) is 32.2 Å². The Bertz CT molecular complexity index is 1700. The van der Waals surface area contributed by atoms with Crippen LogP contribution in [0.5, 0.6) is 5.75 Å². The van der Waals surface area contributed by atoms with Crippen molar-refractivity contribution in [2.45, 2.75) is 64.0 Å². The summed E-state index contributed by atoms with van der Waals surface area (Å²) in [6.45, 7) is 3.78. The third-order valence-corrected chi connectivity index (χ3v) is 7.99. The van der Waals surface area contributed by atoms with E-state index in [4.69, 9.17) is 4.74 Å². The van der Waals surface area contributed by atoms with E-state index in [2.05, 4.69) is 15.4 Å². The third-order valence-electron chi connectivity index (χ3n) is 7.99. The molecular weight excluding hydrogens is 655 g/mol. The molecule has 0 spiro atoms. The van der Waals surface area contributed by atoms with Crippen molar-refractivity contribution in [2.24, 2.45) is 7.05 Å². The average molecular weight is 687 g/mol. The number of halogens is 9. The summed E-state index contributed by atoms with van der Waals surface area (Å²) in [7, 11) is 1.39. The number of ether oxygens (including phenoxy) is 1. The summed E-state index contributed by atoms with van der Waals surface area (Å²) >= 11 is 0. The molecule has 5 rings (SSSR count). The Morgan fingerprint density at radius 3 is 2.02 bits per heavy atom. The van der Waals surface area contributed by atoms with Crippen molar-refractivity contribution < 1.29 is 44.3 Å². The molecule has 1 aliphatic rings. The van der Waals surface area contributed by atoms with Gasteiger partial charge >= 0.3 is 18.5 Å². The second kappa shape index (κ2) is 13.3. The van der Waals surface area contributed by atoms with Crippen LogP contribution in [-0.2, 0) is 38.7 Å². The molecule has 1 atom stereocenters. The summed E-state index contributed by atoms with van der Waals surface area (Å²) in [5.41, 5.74) is -2.74. The zero-order valence-corrected chi connectivity index (χ0v) is 26.0. The summed E-state index contributed by atoms with van der Waals surface area (Å²) in [4.78, 5) is 4.26. The molecule has 0 radical (unpaired) electrons. The van der Waals surface area contributed by atoms with Crippen molar-refractivity contribution in [1.29, 1.82) is 0 Å². The number of hydrogen-bond acceptors (Lipinski definition) is 6. The highest BCUT2D eigenvalue weighted by Gasteiger charge is 2.39. The fourth-order valence-corrected chi connectivity index (χ4v) is 5.73. The number of aryl methyl sites for hydroxylation is 2. The molecule has 1 aromatic heterocycles. The van der Waals surface area contributed by atoms with E-state index in [1.54, 1.807) is 0 Å². The van der Waals surface area contributed by atoms with E-state index in [1.807, 2.05) is 43.0 Å². The molecule has 0 bridgehead atoms. The average Bonchev–Trinajstić information content (AvgIpc) is 3.41. The first kappa shape index (κ1) is 35.0. The molecule has 48 heavy (non-hydrogen) atoms. The van der Waals surface area contributed by atoms with Gasteiger partial charge in [0.15, 0.2) is 0 Å². The molecule has 0 N–H and O–H groups in total. The van der Waals surface area contributed by atoms with E-state index in [1.165, 1.54) is 18.0 Å². The zero-order valence-electron chi connectivity index (χ0n) is 26.0. The lowest BCUT2D eigenvalue weighted by atomic mass is 9.92. The standard InChI is InChI=1S/C32H31F9N6O/c1-4-28(46-17-26(18-46)48-25-7-5-6-19(2)10-25)27-9-8-22(30(33,34)35)13-21(27)16-47(29-42-44-45(3)43-29)15-20-11-23(31(36,37)38)14-24(12-20)32(39,40)41/h5-14,26,28H,4,15-18H2,1-3H3. The second-order valence-corrected chi connectivity index (χ2v) is 11.7. The van der Waals surface area contributed by atoms with Gasteiger partial charge in [-0.05, 0) is 83.3 Å². The largest absolute Gasteiger partial charge is 0.488 e. The van der Waals surface area contributed by atoms with Crippen LogP contribution in [-0.4, -0.2) is 44.3 Å². The number of aromatic nitrogens is 4. The lowest BCUT2D eigenvalue weighted by Gasteiger charge is -2.44. The smallest absolute Gasteiger partial charge is 0.416 e. The number of tetrazole rings is 1. The minimum absolute atomic E-state index is 0.00810. The lowest BCUT2D eigenvalue weighted by molar-refractivity contribution is -0.143. The van der Waals surface area contributed by atoms with Crippen LogP contribution in [0.2, 0.25) is 0 Å². The van der Waals surface area contributed by atoms with Crippen molar-refractivity contribution >= 4 is 5.95 Å². The van der Waals surface area contributed by atoms with E-state index in [-0.39, 0.29) is 36.3 Å². The lowest BCUT2D eigenvalue weighted by Crippen LogP contribution is -2.55. The molecule has 258 valence electrons. The van der Waals surface area contributed by atoms with Gasteiger partial charge in [0.1, 0.15) is 11.9 Å². The maximum atomic E-state index is 13.9. The van der Waals surface area contributed by atoms with Crippen LogP contribution in [0.3, 0.4) is 0 Å². The van der Waals surface area contributed by atoms with Crippen LogP contribution in [0.15, 0.2) is 60.7 Å². The number of rotatable bonds is 10.